The zero-order valence-corrected chi connectivity index (χ0v) is 15.5. The summed E-state index contributed by atoms with van der Waals surface area (Å²) in [6.45, 7) is 5.32. The molecule has 0 aromatic heterocycles. The Morgan fingerprint density at radius 1 is 1.04 bits per heavy atom. The molecule has 2 N–H and O–H groups in total. The molecule has 1 heterocycles. The van der Waals surface area contributed by atoms with Crippen molar-refractivity contribution in [3.05, 3.63) is 58.6 Å². The Labute approximate surface area is 159 Å². The van der Waals surface area contributed by atoms with Gasteiger partial charge in [-0.3, -0.25) is 4.90 Å². The summed E-state index contributed by atoms with van der Waals surface area (Å²) in [5.41, 5.74) is 8.17. The number of hydrogen-bond acceptors (Lipinski definition) is 4. The van der Waals surface area contributed by atoms with Crippen LogP contribution in [0, 0.1) is 11.8 Å². The van der Waals surface area contributed by atoms with Gasteiger partial charge in [0, 0.05) is 36.4 Å². The van der Waals surface area contributed by atoms with Crippen molar-refractivity contribution in [2.45, 2.75) is 6.42 Å². The highest BCUT2D eigenvalue weighted by Crippen LogP contribution is 2.25. The summed E-state index contributed by atoms with van der Waals surface area (Å²) >= 11 is 6.32. The van der Waals surface area contributed by atoms with E-state index in [1.165, 1.54) is 0 Å². The van der Waals surface area contributed by atoms with Crippen molar-refractivity contribution in [3.8, 4) is 17.6 Å². The van der Waals surface area contributed by atoms with Crippen LogP contribution in [0.3, 0.4) is 0 Å². The summed E-state index contributed by atoms with van der Waals surface area (Å²) in [5, 5.41) is 0.584. The van der Waals surface area contributed by atoms with Crippen molar-refractivity contribution < 1.29 is 9.47 Å². The molecule has 136 valence electrons. The van der Waals surface area contributed by atoms with Crippen LogP contribution in [0.2, 0.25) is 5.02 Å². The van der Waals surface area contributed by atoms with Gasteiger partial charge in [0.15, 0.2) is 0 Å². The van der Waals surface area contributed by atoms with Crippen LogP contribution in [-0.2, 0) is 4.74 Å². The number of ether oxygens (including phenoxy) is 2. The van der Waals surface area contributed by atoms with Crippen molar-refractivity contribution >= 4 is 17.3 Å². The molecule has 1 aliphatic rings. The van der Waals surface area contributed by atoms with Crippen LogP contribution in [0.15, 0.2) is 42.5 Å². The first-order chi connectivity index (χ1) is 12.7. The molecule has 0 radical (unpaired) electrons. The molecule has 0 atom stereocenters. The average molecular weight is 371 g/mol. The summed E-state index contributed by atoms with van der Waals surface area (Å²) in [5.74, 6) is 6.91. The van der Waals surface area contributed by atoms with Gasteiger partial charge < -0.3 is 15.2 Å². The minimum Gasteiger partial charge on any atom is -0.492 e. The van der Waals surface area contributed by atoms with Gasteiger partial charge in [0.1, 0.15) is 5.75 Å². The number of benzene rings is 2. The molecule has 0 saturated carbocycles. The van der Waals surface area contributed by atoms with Crippen LogP contribution in [0.25, 0.3) is 0 Å². The average Bonchev–Trinajstić information content (AvgIpc) is 2.67. The summed E-state index contributed by atoms with van der Waals surface area (Å²) in [6, 6.07) is 13.1. The van der Waals surface area contributed by atoms with E-state index in [0.717, 1.165) is 56.1 Å². The first-order valence-electron chi connectivity index (χ1n) is 8.81. The lowest BCUT2D eigenvalue weighted by molar-refractivity contribution is 0.0358. The first kappa shape index (κ1) is 18.6. The van der Waals surface area contributed by atoms with Crippen LogP contribution < -0.4 is 10.5 Å². The van der Waals surface area contributed by atoms with E-state index < -0.39 is 0 Å². The predicted molar refractivity (Wildman–Crippen MR) is 106 cm³/mol. The lowest BCUT2D eigenvalue weighted by Gasteiger charge is -2.26. The van der Waals surface area contributed by atoms with Gasteiger partial charge in [0.05, 0.1) is 24.8 Å². The Balaban J connectivity index is 1.50. The molecule has 4 nitrogen and oxygen atoms in total. The number of hydrogen-bond donors (Lipinski definition) is 1. The molecule has 1 saturated heterocycles. The van der Waals surface area contributed by atoms with E-state index in [0.29, 0.717) is 17.4 Å². The molecule has 0 unspecified atom stereocenters. The van der Waals surface area contributed by atoms with E-state index in [2.05, 4.69) is 16.7 Å². The van der Waals surface area contributed by atoms with E-state index in [9.17, 15) is 0 Å². The maximum Gasteiger partial charge on any atom is 0.137 e. The summed E-state index contributed by atoms with van der Waals surface area (Å²) in [6.07, 6.45) is 0.967. The van der Waals surface area contributed by atoms with Gasteiger partial charge in [0.2, 0.25) is 0 Å². The number of morpholine rings is 1. The molecule has 5 heteroatoms. The Bertz CT molecular complexity index is 775. The van der Waals surface area contributed by atoms with Crippen LogP contribution >= 0.6 is 11.6 Å². The number of anilines is 1. The fraction of sp³-hybridized carbons (Fsp3) is 0.333. The van der Waals surface area contributed by atoms with Crippen molar-refractivity contribution in [2.75, 3.05) is 45.2 Å². The van der Waals surface area contributed by atoms with Crippen LogP contribution in [0.4, 0.5) is 5.69 Å². The van der Waals surface area contributed by atoms with Gasteiger partial charge in [-0.1, -0.05) is 23.4 Å². The van der Waals surface area contributed by atoms with Crippen molar-refractivity contribution in [2.24, 2.45) is 0 Å². The normalized spacial score (nSPS) is 14.5. The summed E-state index contributed by atoms with van der Waals surface area (Å²) < 4.78 is 11.2. The van der Waals surface area contributed by atoms with E-state index in [1.54, 1.807) is 0 Å². The zero-order chi connectivity index (χ0) is 18.2. The molecule has 0 amide bonds. The first-order valence-corrected chi connectivity index (χ1v) is 9.18. The third kappa shape index (κ3) is 5.67. The lowest BCUT2D eigenvalue weighted by Crippen LogP contribution is -2.37. The second-order valence-corrected chi connectivity index (χ2v) is 6.58. The molecule has 1 aliphatic heterocycles. The fourth-order valence-corrected chi connectivity index (χ4v) is 2.94. The molecule has 26 heavy (non-hydrogen) atoms. The van der Waals surface area contributed by atoms with E-state index >= 15 is 0 Å². The smallest absolute Gasteiger partial charge is 0.137 e. The minimum atomic E-state index is 0.584. The second-order valence-electron chi connectivity index (χ2n) is 6.17. The summed E-state index contributed by atoms with van der Waals surface area (Å²) in [7, 11) is 0. The maximum atomic E-state index is 6.32. The molecule has 0 spiro atoms. The summed E-state index contributed by atoms with van der Waals surface area (Å²) in [4.78, 5) is 2.39. The molecule has 3 rings (SSSR count). The molecule has 2 aromatic rings. The number of halogens is 1. The molecular weight excluding hydrogens is 348 g/mol. The van der Waals surface area contributed by atoms with Crippen molar-refractivity contribution in [1.82, 2.24) is 4.90 Å². The standard InChI is InChI=1S/C21H23ClN2O2/c22-20-16-18(3-2-17-4-7-19(23)8-5-17)6-9-21(20)26-13-1-10-24-11-14-25-15-12-24/h4-9,16H,1,10-15,23H2. The molecule has 2 aromatic carbocycles. The second kappa shape index (κ2) is 9.49. The Hall–Kier alpha value is -2.19. The van der Waals surface area contributed by atoms with Gasteiger partial charge in [-0.05, 0) is 48.9 Å². The molecule has 0 aliphatic carbocycles. The molecular formula is C21H23ClN2O2. The number of rotatable bonds is 5. The molecule has 0 bridgehead atoms. The number of nitrogen functional groups attached to an aromatic ring is 1. The van der Waals surface area contributed by atoms with Crippen molar-refractivity contribution in [3.63, 3.8) is 0 Å². The topological polar surface area (TPSA) is 47.7 Å². The third-order valence-corrected chi connectivity index (χ3v) is 4.47. The van der Waals surface area contributed by atoms with Gasteiger partial charge in [-0.15, -0.1) is 0 Å². The van der Waals surface area contributed by atoms with Gasteiger partial charge in [-0.2, -0.15) is 0 Å². The Kier molecular flexibility index (Phi) is 6.79. The van der Waals surface area contributed by atoms with Gasteiger partial charge in [-0.25, -0.2) is 0 Å². The van der Waals surface area contributed by atoms with Gasteiger partial charge in [0.25, 0.3) is 0 Å². The lowest BCUT2D eigenvalue weighted by atomic mass is 10.1. The number of nitrogens with zero attached hydrogens (tertiary/aromatic N) is 1. The van der Waals surface area contributed by atoms with Crippen LogP contribution in [-0.4, -0.2) is 44.4 Å². The molecule has 1 fully saturated rings. The Morgan fingerprint density at radius 3 is 2.46 bits per heavy atom. The SMILES string of the molecule is Nc1ccc(C#Cc2ccc(OCCCN3CCOCC3)c(Cl)c2)cc1. The minimum absolute atomic E-state index is 0.584. The highest BCUT2D eigenvalue weighted by atomic mass is 35.5. The highest BCUT2D eigenvalue weighted by molar-refractivity contribution is 6.32. The maximum absolute atomic E-state index is 6.32. The van der Waals surface area contributed by atoms with Gasteiger partial charge >= 0.3 is 0 Å². The third-order valence-electron chi connectivity index (χ3n) is 4.17. The van der Waals surface area contributed by atoms with E-state index in [4.69, 9.17) is 26.8 Å². The highest BCUT2D eigenvalue weighted by Gasteiger charge is 2.09. The quantitative estimate of drug-likeness (QED) is 0.497. The Morgan fingerprint density at radius 2 is 1.73 bits per heavy atom. The number of nitrogens with two attached hydrogens (primary N) is 1. The monoisotopic (exact) mass is 370 g/mol. The fourth-order valence-electron chi connectivity index (χ4n) is 2.70. The van der Waals surface area contributed by atoms with E-state index in [1.807, 2.05) is 42.5 Å². The van der Waals surface area contributed by atoms with E-state index in [-0.39, 0.29) is 0 Å². The largest absolute Gasteiger partial charge is 0.492 e. The van der Waals surface area contributed by atoms with Crippen LogP contribution in [0.1, 0.15) is 17.5 Å². The van der Waals surface area contributed by atoms with Crippen molar-refractivity contribution in [1.29, 1.82) is 0 Å². The predicted octanol–water partition coefficient (Wildman–Crippen LogP) is 3.42. The van der Waals surface area contributed by atoms with Crippen LogP contribution in [0.5, 0.6) is 5.75 Å². The zero-order valence-electron chi connectivity index (χ0n) is 14.7.